The third-order valence-corrected chi connectivity index (χ3v) is 5.20. The van der Waals surface area contributed by atoms with E-state index in [1.807, 2.05) is 39.0 Å². The summed E-state index contributed by atoms with van der Waals surface area (Å²) < 4.78 is 11.1. The zero-order valence-corrected chi connectivity index (χ0v) is 23.6. The highest BCUT2D eigenvalue weighted by Gasteiger charge is 2.22. The smallest absolute Gasteiger partial charge is 0.407 e. The minimum atomic E-state index is -0.459. The fraction of sp³-hybridized carbons (Fsp3) is 0.567. The van der Waals surface area contributed by atoms with Gasteiger partial charge in [0.1, 0.15) is 11.4 Å². The van der Waals surface area contributed by atoms with Crippen molar-refractivity contribution in [2.45, 2.75) is 79.4 Å². The van der Waals surface area contributed by atoms with Crippen LogP contribution >= 0.6 is 0 Å². The van der Waals surface area contributed by atoms with Crippen LogP contribution in [0, 0.1) is 12.3 Å². The summed E-state index contributed by atoms with van der Waals surface area (Å²) in [5.74, 6) is 0.989. The Bertz CT molecular complexity index is 886. The lowest BCUT2D eigenvalue weighted by molar-refractivity contribution is 0.0527. The molecule has 1 heterocycles. The SMILES string of the molecule is CC(C)(C)Cc1ccc2c(c1)C(NCCCNC(=O)OC(C)(C)C)CCO2.CO.Cc1ccccc1. The average Bonchev–Trinajstić information content (AvgIpc) is 2.79. The first-order valence-electron chi connectivity index (χ1n) is 12.9. The first-order valence-corrected chi connectivity index (χ1v) is 12.9. The van der Waals surface area contributed by atoms with Gasteiger partial charge in [0.15, 0.2) is 0 Å². The van der Waals surface area contributed by atoms with E-state index in [0.29, 0.717) is 12.6 Å². The Labute approximate surface area is 218 Å². The number of alkyl carbamates (subject to hydrolysis) is 1. The van der Waals surface area contributed by atoms with E-state index < -0.39 is 5.60 Å². The Kier molecular flexibility index (Phi) is 13.6. The van der Waals surface area contributed by atoms with E-state index in [1.165, 1.54) is 16.7 Å². The summed E-state index contributed by atoms with van der Waals surface area (Å²) in [6.07, 6.45) is 2.51. The molecule has 6 heteroatoms. The number of aryl methyl sites for hydroxylation is 1. The monoisotopic (exact) mass is 500 g/mol. The molecule has 3 N–H and O–H groups in total. The van der Waals surface area contributed by atoms with Crippen molar-refractivity contribution in [3.05, 3.63) is 65.2 Å². The standard InChI is InChI=1S/C22H36N2O3.C7H8.CH4O/c1-21(2,3)15-16-8-9-19-17(14-16)18(10-13-26-19)23-11-7-12-24-20(25)27-22(4,5)6;1-7-5-3-2-4-6-7;1-2/h8-9,14,18,23H,7,10-13,15H2,1-6H3,(H,24,25);2-6H,1H3;2H,1H3. The van der Waals surface area contributed by atoms with Gasteiger partial charge in [-0.15, -0.1) is 0 Å². The van der Waals surface area contributed by atoms with Crippen LogP contribution in [-0.2, 0) is 11.2 Å². The number of amides is 1. The minimum Gasteiger partial charge on any atom is -0.493 e. The molecule has 2 aromatic rings. The predicted molar refractivity (Wildman–Crippen MR) is 149 cm³/mol. The van der Waals surface area contributed by atoms with E-state index >= 15 is 0 Å². The second-order valence-electron chi connectivity index (χ2n) is 11.2. The minimum absolute atomic E-state index is 0.264. The molecule has 0 saturated carbocycles. The molecule has 6 nitrogen and oxygen atoms in total. The van der Waals surface area contributed by atoms with Crippen molar-refractivity contribution in [2.24, 2.45) is 5.41 Å². The number of hydrogen-bond acceptors (Lipinski definition) is 5. The number of aliphatic hydroxyl groups excluding tert-OH is 1. The molecule has 0 bridgehead atoms. The molecule has 1 amide bonds. The van der Waals surface area contributed by atoms with Crippen molar-refractivity contribution in [2.75, 3.05) is 26.8 Å². The van der Waals surface area contributed by atoms with Crippen LogP contribution in [0.2, 0.25) is 0 Å². The molecule has 3 rings (SSSR count). The highest BCUT2D eigenvalue weighted by molar-refractivity contribution is 5.67. The van der Waals surface area contributed by atoms with Crippen LogP contribution in [0.15, 0.2) is 48.5 Å². The second kappa shape index (κ2) is 15.5. The molecule has 1 aliphatic heterocycles. The molecule has 0 spiro atoms. The average molecular weight is 501 g/mol. The van der Waals surface area contributed by atoms with Gasteiger partial charge in [-0.2, -0.15) is 0 Å². The van der Waals surface area contributed by atoms with Crippen LogP contribution in [0.25, 0.3) is 0 Å². The first kappa shape index (κ1) is 31.5. The number of nitrogens with one attached hydrogen (secondary N) is 2. The van der Waals surface area contributed by atoms with Crippen LogP contribution < -0.4 is 15.4 Å². The Hall–Kier alpha value is -2.57. The molecule has 0 fully saturated rings. The van der Waals surface area contributed by atoms with Gasteiger partial charge in [-0.25, -0.2) is 4.79 Å². The zero-order chi connectivity index (χ0) is 27.2. The van der Waals surface area contributed by atoms with E-state index in [2.05, 4.69) is 68.7 Å². The Morgan fingerprint density at radius 2 is 1.69 bits per heavy atom. The Morgan fingerprint density at radius 3 is 2.25 bits per heavy atom. The molecule has 202 valence electrons. The number of aliphatic hydroxyl groups is 1. The van der Waals surface area contributed by atoms with Gasteiger partial charge in [-0.3, -0.25) is 0 Å². The van der Waals surface area contributed by atoms with Crippen molar-refractivity contribution >= 4 is 6.09 Å². The number of carbonyl (C=O) groups excluding carboxylic acids is 1. The molecule has 0 aliphatic carbocycles. The molecule has 1 atom stereocenters. The van der Waals surface area contributed by atoms with Gasteiger partial charge < -0.3 is 25.2 Å². The largest absolute Gasteiger partial charge is 0.493 e. The van der Waals surface area contributed by atoms with E-state index in [1.54, 1.807) is 0 Å². The van der Waals surface area contributed by atoms with E-state index in [0.717, 1.165) is 45.3 Å². The third kappa shape index (κ3) is 13.5. The van der Waals surface area contributed by atoms with Crippen molar-refractivity contribution in [1.82, 2.24) is 10.6 Å². The number of rotatable bonds is 6. The number of carbonyl (C=O) groups is 1. The fourth-order valence-electron chi connectivity index (χ4n) is 3.78. The van der Waals surface area contributed by atoms with E-state index in [4.69, 9.17) is 14.6 Å². The van der Waals surface area contributed by atoms with Gasteiger partial charge in [-0.1, -0.05) is 68.8 Å². The lowest BCUT2D eigenvalue weighted by atomic mass is 9.86. The Balaban J connectivity index is 0.000000609. The summed E-state index contributed by atoms with van der Waals surface area (Å²) >= 11 is 0. The van der Waals surface area contributed by atoms with Gasteiger partial charge in [0.05, 0.1) is 6.61 Å². The topological polar surface area (TPSA) is 79.8 Å². The van der Waals surface area contributed by atoms with Gasteiger partial charge in [0.2, 0.25) is 0 Å². The predicted octanol–water partition coefficient (Wildman–Crippen LogP) is 6.21. The van der Waals surface area contributed by atoms with E-state index in [9.17, 15) is 4.79 Å². The summed E-state index contributed by atoms with van der Waals surface area (Å²) in [4.78, 5) is 11.7. The fourth-order valence-corrected chi connectivity index (χ4v) is 3.78. The maximum atomic E-state index is 11.7. The van der Waals surface area contributed by atoms with Crippen molar-refractivity contribution in [1.29, 1.82) is 0 Å². The van der Waals surface area contributed by atoms with Crippen molar-refractivity contribution in [3.63, 3.8) is 0 Å². The molecular weight excluding hydrogens is 452 g/mol. The van der Waals surface area contributed by atoms with Crippen LogP contribution in [0.1, 0.15) is 77.1 Å². The van der Waals surface area contributed by atoms with Crippen LogP contribution in [0.3, 0.4) is 0 Å². The molecule has 0 saturated heterocycles. The summed E-state index contributed by atoms with van der Waals surface area (Å²) in [5, 5.41) is 13.4. The molecule has 36 heavy (non-hydrogen) atoms. The Morgan fingerprint density at radius 1 is 1.03 bits per heavy atom. The van der Waals surface area contributed by atoms with Gasteiger partial charge in [-0.05, 0) is 64.1 Å². The normalized spacial score (nSPS) is 14.6. The lowest BCUT2D eigenvalue weighted by Crippen LogP contribution is -2.34. The molecule has 1 aliphatic rings. The summed E-state index contributed by atoms with van der Waals surface area (Å²) in [6, 6.07) is 17.1. The summed E-state index contributed by atoms with van der Waals surface area (Å²) in [5.41, 5.74) is 3.73. The number of ether oxygens (including phenoxy) is 2. The van der Waals surface area contributed by atoms with Gasteiger partial charge in [0, 0.05) is 31.7 Å². The van der Waals surface area contributed by atoms with Crippen molar-refractivity contribution < 1.29 is 19.4 Å². The van der Waals surface area contributed by atoms with Gasteiger partial charge >= 0.3 is 6.09 Å². The number of fused-ring (bicyclic) bond motifs is 1. The maximum absolute atomic E-state index is 11.7. The highest BCUT2D eigenvalue weighted by atomic mass is 16.6. The van der Waals surface area contributed by atoms with Crippen LogP contribution in [0.5, 0.6) is 5.75 Å². The third-order valence-electron chi connectivity index (χ3n) is 5.20. The zero-order valence-electron chi connectivity index (χ0n) is 23.6. The number of hydrogen-bond donors (Lipinski definition) is 3. The maximum Gasteiger partial charge on any atom is 0.407 e. The molecule has 0 aromatic heterocycles. The molecule has 2 aromatic carbocycles. The van der Waals surface area contributed by atoms with Gasteiger partial charge in [0.25, 0.3) is 0 Å². The van der Waals surface area contributed by atoms with E-state index in [-0.39, 0.29) is 11.5 Å². The summed E-state index contributed by atoms with van der Waals surface area (Å²) in [6.45, 7) is 16.6. The first-order chi connectivity index (χ1) is 16.9. The van der Waals surface area contributed by atoms with Crippen LogP contribution in [0.4, 0.5) is 4.79 Å². The molecule has 0 radical (unpaired) electrons. The quantitative estimate of drug-likeness (QED) is 0.411. The second-order valence-corrected chi connectivity index (χ2v) is 11.2. The summed E-state index contributed by atoms with van der Waals surface area (Å²) in [7, 11) is 1.00. The molecule has 1 unspecified atom stereocenters. The molecular formula is C30H48N2O4. The van der Waals surface area contributed by atoms with Crippen molar-refractivity contribution in [3.8, 4) is 5.75 Å². The number of benzene rings is 2. The lowest BCUT2D eigenvalue weighted by Gasteiger charge is -2.28. The highest BCUT2D eigenvalue weighted by Crippen LogP contribution is 2.34. The van der Waals surface area contributed by atoms with Crippen LogP contribution in [-0.4, -0.2) is 43.6 Å².